The molecule has 0 spiro atoms. The Balaban J connectivity index is 1.81. The number of H-pyrrole nitrogens is 1. The van der Waals surface area contributed by atoms with Crippen LogP contribution in [0.15, 0.2) is 35.3 Å². The number of fused-ring (bicyclic) bond motifs is 1. The highest BCUT2D eigenvalue weighted by Crippen LogP contribution is 2.37. The lowest BCUT2D eigenvalue weighted by molar-refractivity contribution is -0.153. The van der Waals surface area contributed by atoms with Crippen LogP contribution < -0.4 is 21.9 Å². The quantitative estimate of drug-likeness (QED) is 0.0130. The van der Waals surface area contributed by atoms with Crippen molar-refractivity contribution in [2.45, 2.75) is 70.6 Å². The molecule has 8 N–H and O–H groups in total. The lowest BCUT2D eigenvalue weighted by Crippen LogP contribution is -2.37. The number of nitrogens with one attached hydrogen (secondary N) is 3. The highest BCUT2D eigenvalue weighted by Gasteiger charge is 2.35. The van der Waals surface area contributed by atoms with Crippen molar-refractivity contribution < 1.29 is 77.4 Å². The van der Waals surface area contributed by atoms with Gasteiger partial charge >= 0.3 is 35.8 Å². The first-order valence-corrected chi connectivity index (χ1v) is 30.9. The number of carbonyl (C=O) groups is 9. The van der Waals surface area contributed by atoms with Crippen LogP contribution in [0.5, 0.6) is 0 Å². The minimum Gasteiger partial charge on any atom is -0.481 e. The van der Waals surface area contributed by atoms with E-state index in [2.05, 4.69) is 30.6 Å². The van der Waals surface area contributed by atoms with Crippen molar-refractivity contribution in [3.8, 4) is 0 Å². The topological polar surface area (TPSA) is 373 Å². The first kappa shape index (κ1) is 63.9. The van der Waals surface area contributed by atoms with Crippen molar-refractivity contribution in [2.75, 3.05) is 66.9 Å². The van der Waals surface area contributed by atoms with Crippen LogP contribution in [-0.4, -0.2) is 151 Å². The SMILES string of the molecule is CSSC[C@H](CC(=O)OCCC(CCOC(=O)C[C@@H](CSSC)C(=O)O)(CCOC(=O)C[C@@H](CSSC)C(=O)O)CC(=O)CC[C@H](NC(=O)c1ccc(NCc2cnc3nc(N)[nH]c(=O)c3n2)cc1)OC=O)C(=O)O. The lowest BCUT2D eigenvalue weighted by atomic mass is 9.74. The molecule has 0 radical (unpaired) electrons. The number of carboxylic acids is 3. The Morgan fingerprint density at radius 1 is 0.747 bits per heavy atom. The van der Waals surface area contributed by atoms with E-state index in [0.29, 0.717) is 11.4 Å². The summed E-state index contributed by atoms with van der Waals surface area (Å²) >= 11 is 0. The molecule has 0 saturated carbocycles. The molecule has 0 aliphatic carbocycles. The monoisotopic (exact) mass is 1160 g/mol. The number of anilines is 2. The molecule has 1 amide bonds. The smallest absolute Gasteiger partial charge is 0.307 e. The second-order valence-electron chi connectivity index (χ2n) is 16.3. The number of nitrogens with two attached hydrogens (primary N) is 1. The van der Waals surface area contributed by atoms with E-state index in [-0.39, 0.29) is 111 Å². The summed E-state index contributed by atoms with van der Waals surface area (Å²) in [5, 5.41) is 34.7. The lowest BCUT2D eigenvalue weighted by Gasteiger charge is -2.33. The third-order valence-corrected chi connectivity index (χ3v) is 16.7. The molecule has 30 heteroatoms. The van der Waals surface area contributed by atoms with Gasteiger partial charge in [-0.25, -0.2) is 9.97 Å². The van der Waals surface area contributed by atoms with Crippen molar-refractivity contribution in [3.05, 3.63) is 52.1 Å². The van der Waals surface area contributed by atoms with Gasteiger partial charge in [0.25, 0.3) is 17.9 Å². The molecule has 0 saturated heterocycles. The maximum Gasteiger partial charge on any atom is 0.307 e. The molecule has 4 atom stereocenters. The summed E-state index contributed by atoms with van der Waals surface area (Å²) in [5.41, 5.74) is 4.91. The van der Waals surface area contributed by atoms with Crippen molar-refractivity contribution in [3.63, 3.8) is 0 Å². The standard InChI is InChI=1S/C45H59N7O17S6/c1-70-73-22-27(41(60)61)16-34(55)66-13-10-45(11-14-67-35(56)17-28(42(62)63)23-74-71-2,12-15-68-36(57)18-29(43(64)65)24-75-72-3)19-32(54)8-9-33(69-25-53)50-39(58)26-4-6-30(7-5-26)47-20-31-21-48-38-37(49-31)40(59)52-44(46)51-38/h4-7,21,25,27-29,33,47H,8-20,22-24H2,1-3H3,(H,50,58)(H,60,61)(H,62,63)(H,64,65)(H3,46,48,51,52,59)/t27-,28-,29-,33+/m0/s1. The maximum absolute atomic E-state index is 14.0. The Morgan fingerprint density at radius 2 is 1.23 bits per heavy atom. The predicted molar refractivity (Wildman–Crippen MR) is 288 cm³/mol. The number of benzene rings is 1. The third kappa shape index (κ3) is 24.0. The number of aromatic nitrogens is 4. The first-order valence-electron chi connectivity index (χ1n) is 22.7. The number of esters is 3. The fraction of sp³-hybridized carbons (Fsp3) is 0.533. The van der Waals surface area contributed by atoms with Gasteiger partial charge in [0.2, 0.25) is 5.95 Å². The van der Waals surface area contributed by atoms with Crippen LogP contribution in [0.2, 0.25) is 0 Å². The number of Topliss-reactive ketones (excluding diaryl/α,β-unsaturated/α-hetero) is 1. The van der Waals surface area contributed by atoms with Gasteiger partial charge in [-0.1, -0.05) is 64.8 Å². The number of ketones is 1. The molecule has 412 valence electrons. The summed E-state index contributed by atoms with van der Waals surface area (Å²) in [4.78, 5) is 140. The van der Waals surface area contributed by atoms with Gasteiger partial charge in [-0.3, -0.25) is 52.9 Å². The number of carboxylic acid groups (broad SMARTS) is 3. The van der Waals surface area contributed by atoms with Gasteiger partial charge in [0.1, 0.15) is 5.78 Å². The van der Waals surface area contributed by atoms with Gasteiger partial charge < -0.3 is 50.6 Å². The van der Waals surface area contributed by atoms with E-state index in [1.54, 1.807) is 30.9 Å². The second-order valence-corrected chi connectivity index (χ2v) is 24.2. The number of ether oxygens (including phenoxy) is 4. The van der Waals surface area contributed by atoms with Gasteiger partial charge in [-0.15, -0.1) is 0 Å². The molecule has 3 aromatic rings. The number of nitrogen functional groups attached to an aromatic ring is 1. The molecule has 0 aliphatic rings. The van der Waals surface area contributed by atoms with Gasteiger partial charge in [-0.2, -0.15) is 4.98 Å². The summed E-state index contributed by atoms with van der Waals surface area (Å²) in [6.07, 6.45) is 2.71. The summed E-state index contributed by atoms with van der Waals surface area (Å²) in [6.45, 7) is -0.877. The number of hydrogen-bond acceptors (Lipinski definition) is 25. The molecule has 24 nitrogen and oxygen atoms in total. The van der Waals surface area contributed by atoms with Crippen molar-refractivity contribution in [2.24, 2.45) is 23.2 Å². The normalized spacial score (nSPS) is 12.8. The zero-order valence-electron chi connectivity index (χ0n) is 41.0. The van der Waals surface area contributed by atoms with Crippen LogP contribution in [0.25, 0.3) is 11.2 Å². The van der Waals surface area contributed by atoms with E-state index >= 15 is 0 Å². The van der Waals surface area contributed by atoms with Crippen LogP contribution in [-0.2, 0) is 63.8 Å². The Hall–Kier alpha value is -5.43. The van der Waals surface area contributed by atoms with Gasteiger partial charge in [0.15, 0.2) is 17.4 Å². The average molecular weight is 1160 g/mol. The largest absolute Gasteiger partial charge is 0.481 e. The van der Waals surface area contributed by atoms with Crippen molar-refractivity contribution in [1.82, 2.24) is 25.3 Å². The molecule has 75 heavy (non-hydrogen) atoms. The van der Waals surface area contributed by atoms with Gasteiger partial charge in [0, 0.05) is 47.8 Å². The second kappa shape index (κ2) is 34.3. The maximum atomic E-state index is 14.0. The van der Waals surface area contributed by atoms with Gasteiger partial charge in [0.05, 0.1) is 75.3 Å². The minimum absolute atomic E-state index is 0.000459. The predicted octanol–water partition coefficient (Wildman–Crippen LogP) is 4.97. The minimum atomic E-state index is -1.31. The average Bonchev–Trinajstić information content (AvgIpc) is 3.36. The fourth-order valence-corrected chi connectivity index (χ4v) is 11.3. The summed E-state index contributed by atoms with van der Waals surface area (Å²) in [5.74, 6) is -10.3. The molecule has 0 unspecified atom stereocenters. The van der Waals surface area contributed by atoms with E-state index in [9.17, 15) is 63.3 Å². The third-order valence-electron chi connectivity index (χ3n) is 11.0. The van der Waals surface area contributed by atoms with E-state index in [1.807, 2.05) is 0 Å². The number of carbonyl (C=O) groups excluding carboxylic acids is 6. The molecule has 2 aromatic heterocycles. The zero-order valence-corrected chi connectivity index (χ0v) is 45.9. The highest BCUT2D eigenvalue weighted by molar-refractivity contribution is 8.77. The summed E-state index contributed by atoms with van der Waals surface area (Å²) in [6, 6.07) is 6.13. The zero-order chi connectivity index (χ0) is 55.3. The van der Waals surface area contributed by atoms with E-state index in [1.165, 1.54) is 83.1 Å². The highest BCUT2D eigenvalue weighted by atomic mass is 33.1. The molecule has 1 aromatic carbocycles. The Bertz CT molecular complexity index is 2360. The van der Waals surface area contributed by atoms with E-state index in [4.69, 9.17) is 24.7 Å². The van der Waals surface area contributed by atoms with Crippen molar-refractivity contribution in [1.29, 1.82) is 0 Å². The number of amides is 1. The van der Waals surface area contributed by atoms with Crippen LogP contribution in [0.4, 0.5) is 11.6 Å². The molecular weight excluding hydrogens is 1100 g/mol. The van der Waals surface area contributed by atoms with Crippen LogP contribution >= 0.6 is 64.8 Å². The van der Waals surface area contributed by atoms with Gasteiger partial charge in [-0.05, 0) is 67.7 Å². The number of rotatable bonds is 39. The Morgan fingerprint density at radius 3 is 1.67 bits per heavy atom. The summed E-state index contributed by atoms with van der Waals surface area (Å²) < 4.78 is 21.6. The number of nitrogens with zero attached hydrogens (tertiary/aromatic N) is 3. The van der Waals surface area contributed by atoms with Crippen LogP contribution in [0.3, 0.4) is 0 Å². The molecule has 0 aliphatic heterocycles. The Kier molecular flexibility index (Phi) is 29.2. The molecule has 2 heterocycles. The Labute approximate surface area is 454 Å². The number of aliphatic carboxylic acids is 3. The van der Waals surface area contributed by atoms with Crippen LogP contribution in [0.1, 0.15) is 73.8 Å². The first-order chi connectivity index (χ1) is 35.8. The van der Waals surface area contributed by atoms with E-state index < -0.39 is 102 Å². The fourth-order valence-electron chi connectivity index (χ4n) is 6.93. The molecular formula is C45H59N7O17S6. The van der Waals surface area contributed by atoms with Crippen LogP contribution in [0, 0.1) is 23.2 Å². The summed E-state index contributed by atoms with van der Waals surface area (Å²) in [7, 11) is 7.70. The number of aromatic amines is 1. The van der Waals surface area contributed by atoms with Crippen molar-refractivity contribution >= 4 is 142 Å². The van der Waals surface area contributed by atoms with E-state index in [0.717, 1.165) is 0 Å². The molecule has 0 fully saturated rings. The molecule has 0 bridgehead atoms. The number of hydrogen-bond donors (Lipinski definition) is 7. The molecule has 3 rings (SSSR count).